The first-order valence-electron chi connectivity index (χ1n) is 8.70. The molecule has 150 valence electrons. The topological polar surface area (TPSA) is 84.9 Å². The van der Waals surface area contributed by atoms with Crippen molar-refractivity contribution >= 4 is 33.2 Å². The second kappa shape index (κ2) is 8.38. The third-order valence-electron chi connectivity index (χ3n) is 4.53. The summed E-state index contributed by atoms with van der Waals surface area (Å²) in [7, 11) is -0.742. The van der Waals surface area contributed by atoms with E-state index in [1.165, 1.54) is 36.7 Å². The third kappa shape index (κ3) is 4.09. The van der Waals surface area contributed by atoms with Gasteiger partial charge in [-0.25, -0.2) is 8.42 Å². The van der Waals surface area contributed by atoms with E-state index in [1.54, 1.807) is 18.2 Å². The van der Waals surface area contributed by atoms with Crippen LogP contribution in [0.3, 0.4) is 0 Å². The van der Waals surface area contributed by atoms with Crippen molar-refractivity contribution in [3.63, 3.8) is 0 Å². The van der Waals surface area contributed by atoms with Crippen LogP contribution in [0.4, 0.5) is 5.69 Å². The quantitative estimate of drug-likeness (QED) is 0.768. The molecule has 3 rings (SSSR count). The normalized spacial score (nSPS) is 14.7. The van der Waals surface area contributed by atoms with Crippen molar-refractivity contribution in [2.45, 2.75) is 17.7 Å². The summed E-state index contributed by atoms with van der Waals surface area (Å²) in [6.07, 6.45) is 1.62. The average molecular weight is 425 g/mol. The molecule has 1 aliphatic rings. The first-order valence-corrected chi connectivity index (χ1v) is 10.5. The third-order valence-corrected chi connectivity index (χ3v) is 6.91. The second-order valence-electron chi connectivity index (χ2n) is 6.28. The standard InChI is InChI=1S/C19H21ClN2O5S/c1-26-14-6-8-17(27-2)16(12-14)21-19(23)13-5-7-15(20)18(11-13)28(24,25)22-9-3-4-10-22/h5-8,11-12H,3-4,9-10H2,1-2H3,(H,21,23). The Morgan fingerprint density at radius 1 is 1.07 bits per heavy atom. The number of carbonyl (C=O) groups is 1. The Hall–Kier alpha value is -2.29. The molecule has 2 aromatic rings. The molecule has 0 spiro atoms. The smallest absolute Gasteiger partial charge is 0.255 e. The van der Waals surface area contributed by atoms with Gasteiger partial charge in [-0.2, -0.15) is 4.31 Å². The Bertz CT molecular complexity index is 988. The number of benzene rings is 2. The molecule has 0 unspecified atom stereocenters. The number of carbonyl (C=O) groups excluding carboxylic acids is 1. The van der Waals surface area contributed by atoms with E-state index < -0.39 is 15.9 Å². The van der Waals surface area contributed by atoms with Crippen molar-refractivity contribution in [1.29, 1.82) is 0 Å². The molecular weight excluding hydrogens is 404 g/mol. The molecule has 2 aromatic carbocycles. The van der Waals surface area contributed by atoms with Gasteiger partial charge in [0.1, 0.15) is 16.4 Å². The van der Waals surface area contributed by atoms with Gasteiger partial charge in [0.2, 0.25) is 10.0 Å². The number of ether oxygens (including phenoxy) is 2. The molecule has 1 amide bonds. The van der Waals surface area contributed by atoms with Crippen LogP contribution in [0.15, 0.2) is 41.3 Å². The van der Waals surface area contributed by atoms with Crippen LogP contribution in [-0.2, 0) is 10.0 Å². The maximum absolute atomic E-state index is 12.8. The molecular formula is C19H21ClN2O5S. The van der Waals surface area contributed by atoms with Gasteiger partial charge in [0.15, 0.2) is 0 Å². The monoisotopic (exact) mass is 424 g/mol. The fourth-order valence-corrected chi connectivity index (χ4v) is 5.03. The fraction of sp³-hybridized carbons (Fsp3) is 0.316. The molecule has 9 heteroatoms. The highest BCUT2D eigenvalue weighted by atomic mass is 35.5. The van der Waals surface area contributed by atoms with Gasteiger partial charge >= 0.3 is 0 Å². The van der Waals surface area contributed by atoms with Crippen molar-refractivity contribution in [1.82, 2.24) is 4.31 Å². The molecule has 28 heavy (non-hydrogen) atoms. The van der Waals surface area contributed by atoms with Gasteiger partial charge in [-0.3, -0.25) is 4.79 Å². The highest BCUT2D eigenvalue weighted by molar-refractivity contribution is 7.89. The zero-order valence-corrected chi connectivity index (χ0v) is 17.1. The number of hydrogen-bond donors (Lipinski definition) is 1. The number of hydrogen-bond acceptors (Lipinski definition) is 5. The lowest BCUT2D eigenvalue weighted by Gasteiger charge is -2.17. The summed E-state index contributed by atoms with van der Waals surface area (Å²) in [4.78, 5) is 12.7. The Morgan fingerprint density at radius 2 is 1.79 bits per heavy atom. The van der Waals surface area contributed by atoms with Gasteiger partial charge in [0.25, 0.3) is 5.91 Å². The molecule has 0 aromatic heterocycles. The van der Waals surface area contributed by atoms with E-state index in [4.69, 9.17) is 21.1 Å². The van der Waals surface area contributed by atoms with Gasteiger partial charge in [0, 0.05) is 24.7 Å². The lowest BCUT2D eigenvalue weighted by Crippen LogP contribution is -2.28. The molecule has 0 atom stereocenters. The van der Waals surface area contributed by atoms with Gasteiger partial charge in [0.05, 0.1) is 24.9 Å². The molecule has 1 fully saturated rings. The number of nitrogens with one attached hydrogen (secondary N) is 1. The number of anilines is 1. The van der Waals surface area contributed by atoms with Crippen LogP contribution >= 0.6 is 11.6 Å². The van der Waals surface area contributed by atoms with Crippen LogP contribution in [0.2, 0.25) is 5.02 Å². The Kier molecular flexibility index (Phi) is 6.12. The summed E-state index contributed by atoms with van der Waals surface area (Å²) in [5.74, 6) is 0.513. The lowest BCUT2D eigenvalue weighted by atomic mass is 10.2. The van der Waals surface area contributed by atoms with E-state index in [1.807, 2.05) is 0 Å². The Labute approximate surface area is 169 Å². The zero-order chi connectivity index (χ0) is 20.3. The average Bonchev–Trinajstić information content (AvgIpc) is 3.23. The van der Waals surface area contributed by atoms with E-state index in [2.05, 4.69) is 5.32 Å². The maximum atomic E-state index is 12.8. The van der Waals surface area contributed by atoms with Crippen LogP contribution in [0.5, 0.6) is 11.5 Å². The number of methoxy groups -OCH3 is 2. The van der Waals surface area contributed by atoms with Crippen LogP contribution in [0.25, 0.3) is 0 Å². The SMILES string of the molecule is COc1ccc(OC)c(NC(=O)c2ccc(Cl)c(S(=O)(=O)N3CCCC3)c2)c1. The van der Waals surface area contributed by atoms with Crippen LogP contribution in [-0.4, -0.2) is 45.9 Å². The fourth-order valence-electron chi connectivity index (χ4n) is 3.02. The zero-order valence-electron chi connectivity index (χ0n) is 15.6. The minimum Gasteiger partial charge on any atom is -0.497 e. The van der Waals surface area contributed by atoms with Crippen molar-refractivity contribution in [2.75, 3.05) is 32.6 Å². The summed E-state index contributed by atoms with van der Waals surface area (Å²) in [6, 6.07) is 9.19. The Balaban J connectivity index is 1.91. The predicted octanol–water partition coefficient (Wildman–Crippen LogP) is 3.39. The number of amides is 1. The summed E-state index contributed by atoms with van der Waals surface area (Å²) in [5, 5.41) is 2.81. The van der Waals surface area contributed by atoms with Crippen LogP contribution < -0.4 is 14.8 Å². The number of nitrogens with zero attached hydrogens (tertiary/aromatic N) is 1. The second-order valence-corrected chi connectivity index (χ2v) is 8.59. The molecule has 1 heterocycles. The van der Waals surface area contributed by atoms with Crippen molar-refractivity contribution in [3.05, 3.63) is 47.0 Å². The van der Waals surface area contributed by atoms with Crippen molar-refractivity contribution < 1.29 is 22.7 Å². The largest absolute Gasteiger partial charge is 0.497 e. The minimum atomic E-state index is -3.75. The molecule has 0 saturated carbocycles. The molecule has 7 nitrogen and oxygen atoms in total. The predicted molar refractivity (Wildman–Crippen MR) is 107 cm³/mol. The van der Waals surface area contributed by atoms with Crippen molar-refractivity contribution in [2.24, 2.45) is 0 Å². The first kappa shape index (κ1) is 20.4. The molecule has 1 N–H and O–H groups in total. The van der Waals surface area contributed by atoms with Crippen molar-refractivity contribution in [3.8, 4) is 11.5 Å². The van der Waals surface area contributed by atoms with Gasteiger partial charge in [-0.1, -0.05) is 11.6 Å². The van der Waals surface area contributed by atoms with E-state index in [-0.39, 0.29) is 15.5 Å². The van der Waals surface area contributed by atoms with Gasteiger partial charge in [-0.05, 0) is 43.2 Å². The molecule has 0 radical (unpaired) electrons. The molecule has 1 saturated heterocycles. The summed E-state index contributed by atoms with van der Waals surface area (Å²) in [6.45, 7) is 0.909. The molecule has 0 bridgehead atoms. The van der Waals surface area contributed by atoms with Gasteiger partial charge in [-0.15, -0.1) is 0 Å². The highest BCUT2D eigenvalue weighted by Gasteiger charge is 2.29. The number of halogens is 1. The highest BCUT2D eigenvalue weighted by Crippen LogP contribution is 2.31. The number of sulfonamides is 1. The van der Waals surface area contributed by atoms with Crippen LogP contribution in [0, 0.1) is 0 Å². The summed E-state index contributed by atoms with van der Waals surface area (Å²) in [5.41, 5.74) is 0.581. The minimum absolute atomic E-state index is 0.0682. The van der Waals surface area contributed by atoms with E-state index >= 15 is 0 Å². The Morgan fingerprint density at radius 3 is 2.43 bits per heavy atom. The van der Waals surface area contributed by atoms with Gasteiger partial charge < -0.3 is 14.8 Å². The first-order chi connectivity index (χ1) is 13.4. The molecule has 1 aliphatic heterocycles. The van der Waals surface area contributed by atoms with E-state index in [9.17, 15) is 13.2 Å². The molecule has 0 aliphatic carbocycles. The van der Waals surface area contributed by atoms with E-state index in [0.29, 0.717) is 30.3 Å². The van der Waals surface area contributed by atoms with E-state index in [0.717, 1.165) is 12.8 Å². The number of rotatable bonds is 6. The van der Waals surface area contributed by atoms with Crippen LogP contribution in [0.1, 0.15) is 23.2 Å². The lowest BCUT2D eigenvalue weighted by molar-refractivity contribution is 0.102. The summed E-state index contributed by atoms with van der Waals surface area (Å²) < 4.78 is 37.5. The maximum Gasteiger partial charge on any atom is 0.255 e. The summed E-state index contributed by atoms with van der Waals surface area (Å²) >= 11 is 6.14.